The van der Waals surface area contributed by atoms with Crippen LogP contribution in [0.2, 0.25) is 0 Å². The number of ether oxygens (including phenoxy) is 3. The minimum absolute atomic E-state index is 0.101. The van der Waals surface area contributed by atoms with Crippen molar-refractivity contribution in [3.8, 4) is 17.2 Å². The molecule has 0 saturated heterocycles. The summed E-state index contributed by atoms with van der Waals surface area (Å²) in [7, 11) is 3.13. The molecule has 37 heavy (non-hydrogen) atoms. The number of hydrogen-bond acceptors (Lipinski definition) is 4. The van der Waals surface area contributed by atoms with Crippen molar-refractivity contribution in [2.24, 2.45) is 0 Å². The van der Waals surface area contributed by atoms with Crippen LogP contribution in [0, 0.1) is 6.92 Å². The van der Waals surface area contributed by atoms with Gasteiger partial charge in [-0.25, -0.2) is 0 Å². The molecule has 4 heteroatoms. The highest BCUT2D eigenvalue weighted by Gasteiger charge is 2.31. The van der Waals surface area contributed by atoms with Gasteiger partial charge in [0, 0.05) is 28.2 Å². The van der Waals surface area contributed by atoms with Crippen LogP contribution in [-0.2, 0) is 0 Å². The van der Waals surface area contributed by atoms with Crippen LogP contribution in [0.25, 0.3) is 5.76 Å². The molecular weight excluding hydrogens is 460 g/mol. The van der Waals surface area contributed by atoms with Crippen LogP contribution < -0.4 is 14.2 Å². The third kappa shape index (κ3) is 4.78. The first-order chi connectivity index (χ1) is 18.1. The van der Waals surface area contributed by atoms with E-state index in [9.17, 15) is 4.79 Å². The number of ketones is 1. The summed E-state index contributed by atoms with van der Waals surface area (Å²) in [5.41, 5.74) is 5.80. The van der Waals surface area contributed by atoms with Gasteiger partial charge >= 0.3 is 0 Å². The molecule has 5 rings (SSSR count). The van der Waals surface area contributed by atoms with E-state index in [2.05, 4.69) is 31.2 Å². The molecule has 0 saturated carbocycles. The highest BCUT2D eigenvalue weighted by atomic mass is 16.5. The van der Waals surface area contributed by atoms with E-state index in [0.717, 1.165) is 28.2 Å². The molecule has 1 aliphatic heterocycles. The van der Waals surface area contributed by atoms with Crippen molar-refractivity contribution in [3.05, 3.63) is 143 Å². The summed E-state index contributed by atoms with van der Waals surface area (Å²) in [5, 5.41) is 0. The molecule has 0 amide bonds. The van der Waals surface area contributed by atoms with Crippen molar-refractivity contribution < 1.29 is 19.0 Å². The van der Waals surface area contributed by atoms with Crippen molar-refractivity contribution in [1.29, 1.82) is 0 Å². The Labute approximate surface area is 217 Å². The summed E-state index contributed by atoms with van der Waals surface area (Å²) < 4.78 is 17.2. The van der Waals surface area contributed by atoms with E-state index in [-0.39, 0.29) is 11.7 Å². The summed E-state index contributed by atoms with van der Waals surface area (Å²) in [5.74, 6) is 2.41. The van der Waals surface area contributed by atoms with Crippen molar-refractivity contribution >= 4 is 11.5 Å². The third-order valence-electron chi connectivity index (χ3n) is 6.63. The molecule has 1 heterocycles. The number of methoxy groups -OCH3 is 2. The minimum Gasteiger partial charge on any atom is -0.493 e. The highest BCUT2D eigenvalue weighted by molar-refractivity contribution is 6.05. The summed E-state index contributed by atoms with van der Waals surface area (Å²) >= 11 is 0. The van der Waals surface area contributed by atoms with Gasteiger partial charge < -0.3 is 14.2 Å². The molecule has 0 bridgehead atoms. The van der Waals surface area contributed by atoms with Gasteiger partial charge in [0.2, 0.25) is 0 Å². The van der Waals surface area contributed by atoms with E-state index in [1.807, 2.05) is 60.7 Å². The number of aryl methyl sites for hydroxylation is 1. The van der Waals surface area contributed by atoms with Crippen molar-refractivity contribution in [1.82, 2.24) is 0 Å². The highest BCUT2D eigenvalue weighted by Crippen LogP contribution is 2.47. The number of rotatable bonds is 7. The summed E-state index contributed by atoms with van der Waals surface area (Å²) in [6, 6.07) is 31.7. The Morgan fingerprint density at radius 3 is 2.19 bits per heavy atom. The van der Waals surface area contributed by atoms with Crippen molar-refractivity contribution in [3.63, 3.8) is 0 Å². The van der Waals surface area contributed by atoms with E-state index in [0.29, 0.717) is 17.1 Å². The van der Waals surface area contributed by atoms with Gasteiger partial charge in [-0.15, -0.1) is 0 Å². The number of fused-ring (bicyclic) bond motifs is 1. The van der Waals surface area contributed by atoms with Crippen LogP contribution in [0.4, 0.5) is 0 Å². The number of allylic oxidation sites excluding steroid dienone is 3. The maximum atomic E-state index is 13.3. The number of benzene rings is 4. The van der Waals surface area contributed by atoms with E-state index in [1.54, 1.807) is 38.5 Å². The summed E-state index contributed by atoms with van der Waals surface area (Å²) in [6.45, 7) is 2.12. The van der Waals surface area contributed by atoms with Gasteiger partial charge in [-0.1, -0.05) is 78.9 Å². The molecule has 4 aromatic carbocycles. The number of carbonyl (C=O) groups is 1. The van der Waals surface area contributed by atoms with Crippen LogP contribution in [0.3, 0.4) is 0 Å². The Morgan fingerprint density at radius 2 is 1.46 bits per heavy atom. The van der Waals surface area contributed by atoms with Gasteiger partial charge in [0.25, 0.3) is 0 Å². The standard InChI is InChI=1S/C33H28O4/c1-22-11-7-8-14-25(22)32-26-15-9-10-16-29(26)37-33(23-12-5-4-6-13-23)27(32)18-19-28(34)24-17-20-30(35-2)31(21-24)36-3/h4-21,32H,1-3H3/b19-18+/t32-/m0/s1. The molecule has 0 radical (unpaired) electrons. The van der Waals surface area contributed by atoms with Gasteiger partial charge in [0.1, 0.15) is 11.5 Å². The largest absolute Gasteiger partial charge is 0.493 e. The van der Waals surface area contributed by atoms with Gasteiger partial charge in [0.15, 0.2) is 17.3 Å². The number of para-hydroxylation sites is 1. The Morgan fingerprint density at radius 1 is 0.784 bits per heavy atom. The molecule has 0 unspecified atom stereocenters. The molecule has 0 aliphatic carbocycles. The van der Waals surface area contributed by atoms with Crippen LogP contribution in [0.1, 0.15) is 38.5 Å². The average Bonchev–Trinajstić information content (AvgIpc) is 2.95. The third-order valence-corrected chi connectivity index (χ3v) is 6.63. The van der Waals surface area contributed by atoms with Crippen molar-refractivity contribution in [2.45, 2.75) is 12.8 Å². The quantitative estimate of drug-likeness (QED) is 0.201. The van der Waals surface area contributed by atoms with Gasteiger partial charge in [-0.3, -0.25) is 4.79 Å². The Balaban J connectivity index is 1.66. The lowest BCUT2D eigenvalue weighted by Gasteiger charge is -2.31. The molecule has 0 N–H and O–H groups in total. The molecule has 0 aromatic heterocycles. The predicted octanol–water partition coefficient (Wildman–Crippen LogP) is 7.39. The molecular formula is C33H28O4. The second kappa shape index (κ2) is 10.6. The fourth-order valence-corrected chi connectivity index (χ4v) is 4.76. The lowest BCUT2D eigenvalue weighted by Crippen LogP contribution is -2.16. The summed E-state index contributed by atoms with van der Waals surface area (Å²) in [4.78, 5) is 13.3. The zero-order valence-corrected chi connectivity index (χ0v) is 21.1. The normalized spacial score (nSPS) is 14.7. The smallest absolute Gasteiger partial charge is 0.185 e. The first-order valence-electron chi connectivity index (χ1n) is 12.2. The first kappa shape index (κ1) is 24.1. The SMILES string of the molecule is COc1ccc(C(=O)/C=C/C2=C(c3ccccc3)Oc3ccccc3[C@@H]2c2ccccc2C)cc1OC. The fraction of sp³-hybridized carbons (Fsp3) is 0.121. The van der Waals surface area contributed by atoms with Gasteiger partial charge in [-0.2, -0.15) is 0 Å². The average molecular weight is 489 g/mol. The van der Waals surface area contributed by atoms with Crippen molar-refractivity contribution in [2.75, 3.05) is 14.2 Å². The van der Waals surface area contributed by atoms with E-state index >= 15 is 0 Å². The monoisotopic (exact) mass is 488 g/mol. The summed E-state index contributed by atoms with van der Waals surface area (Å²) in [6.07, 6.45) is 3.51. The molecule has 1 atom stereocenters. The Hall–Kier alpha value is -4.57. The molecule has 0 spiro atoms. The van der Waals surface area contributed by atoms with Gasteiger partial charge in [0.05, 0.1) is 14.2 Å². The predicted molar refractivity (Wildman–Crippen MR) is 146 cm³/mol. The topological polar surface area (TPSA) is 44.8 Å². The maximum absolute atomic E-state index is 13.3. The Kier molecular flexibility index (Phi) is 6.91. The van der Waals surface area contributed by atoms with Gasteiger partial charge in [-0.05, 0) is 48.4 Å². The second-order valence-corrected chi connectivity index (χ2v) is 8.85. The molecule has 184 valence electrons. The van der Waals surface area contributed by atoms with E-state index < -0.39 is 0 Å². The maximum Gasteiger partial charge on any atom is 0.185 e. The molecule has 1 aliphatic rings. The first-order valence-corrected chi connectivity index (χ1v) is 12.2. The molecule has 4 aromatic rings. The lowest BCUT2D eigenvalue weighted by atomic mass is 9.79. The second-order valence-electron chi connectivity index (χ2n) is 8.85. The van der Waals surface area contributed by atoms with Crippen LogP contribution in [-0.4, -0.2) is 20.0 Å². The zero-order chi connectivity index (χ0) is 25.8. The lowest BCUT2D eigenvalue weighted by molar-refractivity contribution is 0.104. The molecule has 0 fully saturated rings. The Bertz CT molecular complexity index is 1500. The minimum atomic E-state index is -0.136. The molecule has 4 nitrogen and oxygen atoms in total. The fourth-order valence-electron chi connectivity index (χ4n) is 4.76. The number of carbonyl (C=O) groups excluding carboxylic acids is 1. The zero-order valence-electron chi connectivity index (χ0n) is 21.1. The van der Waals surface area contributed by atoms with E-state index in [1.165, 1.54) is 11.1 Å². The van der Waals surface area contributed by atoms with Crippen LogP contribution >= 0.6 is 0 Å². The number of hydrogen-bond donors (Lipinski definition) is 0. The van der Waals surface area contributed by atoms with Crippen LogP contribution in [0.5, 0.6) is 17.2 Å². The van der Waals surface area contributed by atoms with Crippen LogP contribution in [0.15, 0.2) is 115 Å². The van der Waals surface area contributed by atoms with E-state index in [4.69, 9.17) is 14.2 Å².